The monoisotopic (exact) mass is 535 g/mol. The van der Waals surface area contributed by atoms with Gasteiger partial charge >= 0.3 is 0 Å². The number of amides is 2. The fraction of sp³-hybridized carbons (Fsp3) is 0.481. The molecule has 0 saturated heterocycles. The Hall–Kier alpha value is -3.14. The smallest absolute Gasteiger partial charge is 0.242 e. The van der Waals surface area contributed by atoms with E-state index in [1.807, 2.05) is 20.8 Å². The second-order valence-corrected chi connectivity index (χ2v) is 10.9. The summed E-state index contributed by atoms with van der Waals surface area (Å²) in [5.41, 5.74) is 0.758. The molecule has 0 fully saturated rings. The lowest BCUT2D eigenvalue weighted by Crippen LogP contribution is -2.49. The minimum atomic E-state index is -3.61. The maximum absolute atomic E-state index is 14.4. The number of hydrogen-bond donors (Lipinski definition) is 1. The van der Waals surface area contributed by atoms with Crippen molar-refractivity contribution in [2.24, 2.45) is 0 Å². The standard InChI is InChI=1S/C27H38FN3O5S/c1-6-20(3)29-27(33)21(4)30(19-22-11-8-9-12-25(22)28)26(32)13-10-18-31(37(5,34)35)23-14-16-24(17-15-23)36-7-2/h8-9,11-12,14-17,20-21H,6-7,10,13,18-19H2,1-5H3,(H,29,33)/t20-,21+/m1/s1. The lowest BCUT2D eigenvalue weighted by atomic mass is 10.1. The van der Waals surface area contributed by atoms with Crippen LogP contribution in [0.25, 0.3) is 0 Å². The van der Waals surface area contributed by atoms with E-state index in [1.165, 1.54) is 15.3 Å². The highest BCUT2D eigenvalue weighted by Gasteiger charge is 2.28. The molecule has 0 aliphatic heterocycles. The van der Waals surface area contributed by atoms with Crippen molar-refractivity contribution in [2.45, 2.75) is 65.6 Å². The van der Waals surface area contributed by atoms with Crippen LogP contribution in [-0.4, -0.2) is 56.6 Å². The highest BCUT2D eigenvalue weighted by atomic mass is 32.2. The average Bonchev–Trinajstić information content (AvgIpc) is 2.85. The van der Waals surface area contributed by atoms with Crippen LogP contribution in [0.2, 0.25) is 0 Å². The van der Waals surface area contributed by atoms with Crippen molar-refractivity contribution in [2.75, 3.05) is 23.7 Å². The lowest BCUT2D eigenvalue weighted by molar-refractivity contribution is -0.141. The molecule has 2 aromatic carbocycles. The van der Waals surface area contributed by atoms with Crippen LogP contribution in [0.3, 0.4) is 0 Å². The summed E-state index contributed by atoms with van der Waals surface area (Å²) in [4.78, 5) is 27.4. The van der Waals surface area contributed by atoms with Crippen LogP contribution in [0.1, 0.15) is 52.5 Å². The molecule has 0 bridgehead atoms. The van der Waals surface area contributed by atoms with E-state index in [1.54, 1.807) is 49.4 Å². The first-order chi connectivity index (χ1) is 17.5. The van der Waals surface area contributed by atoms with Gasteiger partial charge in [0.05, 0.1) is 18.6 Å². The molecule has 2 amide bonds. The first kappa shape index (κ1) is 30.1. The molecule has 0 heterocycles. The SMILES string of the molecule is CCOc1ccc(N(CCCC(=O)N(Cc2ccccc2F)[C@@H](C)C(=O)N[C@H](C)CC)S(C)(=O)=O)cc1. The van der Waals surface area contributed by atoms with Crippen molar-refractivity contribution in [1.29, 1.82) is 0 Å². The van der Waals surface area contributed by atoms with Crippen molar-refractivity contribution in [3.8, 4) is 5.75 Å². The Morgan fingerprint density at radius 3 is 2.27 bits per heavy atom. The Labute approximate surface area is 219 Å². The molecule has 8 nitrogen and oxygen atoms in total. The van der Waals surface area contributed by atoms with E-state index in [0.717, 1.165) is 12.7 Å². The van der Waals surface area contributed by atoms with Crippen molar-refractivity contribution in [3.63, 3.8) is 0 Å². The van der Waals surface area contributed by atoms with Crippen molar-refractivity contribution in [3.05, 3.63) is 59.9 Å². The number of benzene rings is 2. The number of ether oxygens (including phenoxy) is 1. The Morgan fingerprint density at radius 1 is 1.05 bits per heavy atom. The third-order valence-corrected chi connectivity index (χ3v) is 7.25. The van der Waals surface area contributed by atoms with Crippen LogP contribution in [0.4, 0.5) is 10.1 Å². The highest BCUT2D eigenvalue weighted by molar-refractivity contribution is 7.92. The van der Waals surface area contributed by atoms with E-state index in [9.17, 15) is 22.4 Å². The van der Waals surface area contributed by atoms with Crippen LogP contribution >= 0.6 is 0 Å². The third-order valence-electron chi connectivity index (χ3n) is 6.05. The van der Waals surface area contributed by atoms with Crippen LogP contribution in [0.5, 0.6) is 5.75 Å². The molecule has 2 aromatic rings. The number of nitrogens with zero attached hydrogens (tertiary/aromatic N) is 2. The van der Waals surface area contributed by atoms with Crippen molar-refractivity contribution >= 4 is 27.5 Å². The summed E-state index contributed by atoms with van der Waals surface area (Å²) in [5, 5.41) is 2.87. The first-order valence-electron chi connectivity index (χ1n) is 12.5. The van der Waals surface area contributed by atoms with Gasteiger partial charge in [0.25, 0.3) is 0 Å². The predicted molar refractivity (Wildman–Crippen MR) is 143 cm³/mol. The van der Waals surface area contributed by atoms with Gasteiger partial charge in [0.15, 0.2) is 0 Å². The Bertz CT molecular complexity index is 1140. The van der Waals surface area contributed by atoms with Gasteiger partial charge in [-0.15, -0.1) is 0 Å². The van der Waals surface area contributed by atoms with E-state index in [0.29, 0.717) is 23.6 Å². The van der Waals surface area contributed by atoms with E-state index >= 15 is 0 Å². The highest BCUT2D eigenvalue weighted by Crippen LogP contribution is 2.23. The molecule has 0 aliphatic carbocycles. The number of halogens is 1. The van der Waals surface area contributed by atoms with E-state index in [-0.39, 0.29) is 43.8 Å². The fourth-order valence-corrected chi connectivity index (χ4v) is 4.70. The number of carbonyl (C=O) groups excluding carboxylic acids is 2. The average molecular weight is 536 g/mol. The Balaban J connectivity index is 2.17. The maximum Gasteiger partial charge on any atom is 0.242 e. The molecule has 0 aromatic heterocycles. The predicted octanol–water partition coefficient (Wildman–Crippen LogP) is 4.10. The Kier molecular flexibility index (Phi) is 11.4. The van der Waals surface area contributed by atoms with Gasteiger partial charge < -0.3 is 15.0 Å². The molecule has 0 saturated carbocycles. The summed E-state index contributed by atoms with van der Waals surface area (Å²) >= 11 is 0. The summed E-state index contributed by atoms with van der Waals surface area (Å²) in [6.07, 6.45) is 2.04. The largest absolute Gasteiger partial charge is 0.494 e. The van der Waals surface area contributed by atoms with Crippen LogP contribution in [0.15, 0.2) is 48.5 Å². The van der Waals surface area contributed by atoms with Gasteiger partial charge in [0.2, 0.25) is 21.8 Å². The first-order valence-corrected chi connectivity index (χ1v) is 14.4. The number of carbonyl (C=O) groups is 2. The number of anilines is 1. The summed E-state index contributed by atoms with van der Waals surface area (Å²) in [5.74, 6) is -0.529. The normalized spacial score (nSPS) is 12.9. The minimum Gasteiger partial charge on any atom is -0.494 e. The second-order valence-electron chi connectivity index (χ2n) is 8.97. The zero-order valence-electron chi connectivity index (χ0n) is 22.2. The summed E-state index contributed by atoms with van der Waals surface area (Å²) in [6, 6.07) is 11.9. The summed E-state index contributed by atoms with van der Waals surface area (Å²) in [6.45, 7) is 7.77. The van der Waals surface area contributed by atoms with E-state index in [2.05, 4.69) is 5.32 Å². The van der Waals surface area contributed by atoms with E-state index < -0.39 is 21.9 Å². The molecular formula is C27H38FN3O5S. The number of rotatable bonds is 14. The molecule has 0 unspecified atom stereocenters. The third kappa shape index (κ3) is 9.03. The van der Waals surface area contributed by atoms with Crippen LogP contribution in [0, 0.1) is 5.82 Å². The summed E-state index contributed by atoms with van der Waals surface area (Å²) in [7, 11) is -3.61. The molecule has 2 atom stereocenters. The van der Waals surface area contributed by atoms with Gasteiger partial charge in [-0.1, -0.05) is 25.1 Å². The van der Waals surface area contributed by atoms with Crippen LogP contribution in [-0.2, 0) is 26.2 Å². The van der Waals surface area contributed by atoms with Crippen LogP contribution < -0.4 is 14.4 Å². The zero-order chi connectivity index (χ0) is 27.6. The zero-order valence-corrected chi connectivity index (χ0v) is 23.1. The van der Waals surface area contributed by atoms with Gasteiger partial charge in [-0.2, -0.15) is 0 Å². The summed E-state index contributed by atoms with van der Waals surface area (Å²) < 4.78 is 46.0. The second kappa shape index (κ2) is 14.0. The van der Waals surface area contributed by atoms with Gasteiger partial charge in [-0.05, 0) is 63.9 Å². The van der Waals surface area contributed by atoms with Gasteiger partial charge in [-0.3, -0.25) is 13.9 Å². The number of hydrogen-bond acceptors (Lipinski definition) is 5. The van der Waals surface area contributed by atoms with Gasteiger partial charge in [0, 0.05) is 31.1 Å². The topological polar surface area (TPSA) is 96.0 Å². The molecule has 2 rings (SSSR count). The number of sulfonamides is 1. The molecule has 37 heavy (non-hydrogen) atoms. The molecule has 10 heteroatoms. The molecule has 0 spiro atoms. The molecule has 1 N–H and O–H groups in total. The van der Waals surface area contributed by atoms with E-state index in [4.69, 9.17) is 4.74 Å². The Morgan fingerprint density at radius 2 is 1.70 bits per heavy atom. The minimum absolute atomic E-state index is 0.0154. The van der Waals surface area contributed by atoms with Gasteiger partial charge in [0.1, 0.15) is 17.6 Å². The molecule has 0 radical (unpaired) electrons. The maximum atomic E-state index is 14.4. The van der Waals surface area contributed by atoms with Crippen molar-refractivity contribution < 1.29 is 27.1 Å². The quantitative estimate of drug-likeness (QED) is 0.393. The molecule has 204 valence electrons. The van der Waals surface area contributed by atoms with Gasteiger partial charge in [-0.25, -0.2) is 12.8 Å². The number of nitrogens with one attached hydrogen (secondary N) is 1. The molecular weight excluding hydrogens is 497 g/mol. The fourth-order valence-electron chi connectivity index (χ4n) is 3.74. The molecule has 0 aliphatic rings. The lowest BCUT2D eigenvalue weighted by Gasteiger charge is -2.30. The van der Waals surface area contributed by atoms with Crippen molar-refractivity contribution in [1.82, 2.24) is 10.2 Å².